The van der Waals surface area contributed by atoms with Gasteiger partial charge in [0, 0.05) is 0 Å². The van der Waals surface area contributed by atoms with E-state index in [1.54, 1.807) is 0 Å². The van der Waals surface area contributed by atoms with Crippen molar-refractivity contribution in [2.75, 3.05) is 0 Å². The normalized spacial score (nSPS) is 2.00. The predicted molar refractivity (Wildman–Crippen MR) is 60.6 cm³/mol. The van der Waals surface area contributed by atoms with Gasteiger partial charge in [0.15, 0.2) is 0 Å². The molecule has 16 heavy (non-hydrogen) atoms. The second-order valence-corrected chi connectivity index (χ2v) is 0.408. The molecule has 0 amide bonds. The molecule has 0 saturated heterocycles. The lowest BCUT2D eigenvalue weighted by atomic mass is 11.7. The van der Waals surface area contributed by atoms with Gasteiger partial charge in [-0.2, -0.15) is 0 Å². The highest BCUT2D eigenvalue weighted by Gasteiger charge is 1.04. The molecule has 0 radical (unpaired) electrons. The van der Waals surface area contributed by atoms with Gasteiger partial charge in [0.25, 0.3) is 0 Å². The molecule has 96 valence electrons. The maximum atomic E-state index is 8.35. The Hall–Kier alpha value is -2.48. The summed E-state index contributed by atoms with van der Waals surface area (Å²) < 4.78 is 0. The highest BCUT2D eigenvalue weighted by atomic mass is 16.1. The van der Waals surface area contributed by atoms with Gasteiger partial charge in [-0.3, -0.25) is 0 Å². The van der Waals surface area contributed by atoms with Crippen LogP contribution in [0.3, 0.4) is 0 Å². The van der Waals surface area contributed by atoms with Crippen LogP contribution in [0.25, 0.3) is 0 Å². The van der Waals surface area contributed by atoms with E-state index in [9.17, 15) is 0 Å². The Morgan fingerprint density at radius 1 is 0.438 bits per heavy atom. The third-order valence-corrected chi connectivity index (χ3v) is 0. The summed E-state index contributed by atoms with van der Waals surface area (Å²) in [6.07, 6.45) is 3.00. The number of rotatable bonds is 0. The van der Waals surface area contributed by atoms with E-state index in [0.29, 0.717) is 0 Å². The van der Waals surface area contributed by atoms with E-state index in [1.165, 1.54) is 0 Å². The van der Waals surface area contributed by atoms with Gasteiger partial charge in [0.2, 0.25) is 24.3 Å². The summed E-state index contributed by atoms with van der Waals surface area (Å²) in [5, 5.41) is 21.6. The zero-order chi connectivity index (χ0) is 10.8. The average molecular weight is 236 g/mol. The van der Waals surface area contributed by atoms with Crippen LogP contribution in [0.1, 0.15) is 29.7 Å². The van der Waals surface area contributed by atoms with Crippen molar-refractivity contribution in [1.29, 1.82) is 21.6 Å². The molecule has 0 fully saturated rings. The molecular formula is C8H20N4O4. The van der Waals surface area contributed by atoms with E-state index < -0.39 is 0 Å². The molecule has 0 aliphatic rings. The van der Waals surface area contributed by atoms with E-state index in [-0.39, 0.29) is 29.7 Å². The summed E-state index contributed by atoms with van der Waals surface area (Å²) in [7, 11) is 0. The fourth-order valence-electron chi connectivity index (χ4n) is 0. The molecule has 0 spiro atoms. The fourth-order valence-corrected chi connectivity index (χ4v) is 0. The van der Waals surface area contributed by atoms with Crippen molar-refractivity contribution in [1.82, 2.24) is 0 Å². The zero-order valence-corrected chi connectivity index (χ0v) is 5.63. The Morgan fingerprint density at radius 2 is 0.438 bits per heavy atom. The minimum absolute atomic E-state index is 0. The summed E-state index contributed by atoms with van der Waals surface area (Å²) in [5.41, 5.74) is 0. The SMILES string of the molecule is C.C.C.C.N=C=O.N=C=O.N=C=O.N=C=O. The molecule has 0 atom stereocenters. The Morgan fingerprint density at radius 3 is 0.438 bits per heavy atom. The Balaban J connectivity index is -0.00000000821. The molecule has 8 heteroatoms. The monoisotopic (exact) mass is 236 g/mol. The Kier molecular flexibility index (Phi) is 3130. The molecule has 4 N–H and O–H groups in total. The molecule has 0 rings (SSSR count). The van der Waals surface area contributed by atoms with Crippen molar-refractivity contribution in [3.63, 3.8) is 0 Å². The standard InChI is InChI=1S/4CHNO.4CH4/c4*2-1-3;;;;/h4*2H;4*1H4. The minimum atomic E-state index is 0. The zero-order valence-electron chi connectivity index (χ0n) is 5.63. The molecule has 0 aromatic carbocycles. The van der Waals surface area contributed by atoms with Crippen molar-refractivity contribution < 1.29 is 19.2 Å². The number of isocyanates is 4. The molecule has 0 aliphatic heterocycles. The molecule has 8 nitrogen and oxygen atoms in total. The summed E-state index contributed by atoms with van der Waals surface area (Å²) in [4.78, 5) is 33.4. The summed E-state index contributed by atoms with van der Waals surface area (Å²) >= 11 is 0. The van der Waals surface area contributed by atoms with E-state index in [1.807, 2.05) is 0 Å². The molecule has 0 aliphatic carbocycles. The van der Waals surface area contributed by atoms with Gasteiger partial charge >= 0.3 is 0 Å². The number of hydrogen-bond acceptors (Lipinski definition) is 8. The third kappa shape index (κ3) is 207. The lowest BCUT2D eigenvalue weighted by molar-refractivity contribution is 0.562. The van der Waals surface area contributed by atoms with Crippen LogP contribution in [0.4, 0.5) is 0 Å². The number of nitrogens with one attached hydrogen (secondary N) is 4. The highest BCUT2D eigenvalue weighted by Crippen LogP contribution is 0.877. The topological polar surface area (TPSA) is 164 Å². The van der Waals surface area contributed by atoms with E-state index in [0.717, 1.165) is 24.3 Å². The van der Waals surface area contributed by atoms with E-state index in [4.69, 9.17) is 40.8 Å². The van der Waals surface area contributed by atoms with Gasteiger partial charge < -0.3 is 0 Å². The van der Waals surface area contributed by atoms with E-state index >= 15 is 0 Å². The largest absolute Gasteiger partial charge is 0.231 e. The van der Waals surface area contributed by atoms with Crippen LogP contribution in [-0.2, 0) is 19.2 Å². The van der Waals surface area contributed by atoms with Crippen molar-refractivity contribution in [3.05, 3.63) is 0 Å². The lowest BCUT2D eigenvalue weighted by Gasteiger charge is -1.02. The molecule has 0 heterocycles. The second-order valence-electron chi connectivity index (χ2n) is 0.408. The maximum Gasteiger partial charge on any atom is 0.231 e. The van der Waals surface area contributed by atoms with Crippen LogP contribution in [-0.4, -0.2) is 24.3 Å². The van der Waals surface area contributed by atoms with Gasteiger partial charge in [0.1, 0.15) is 0 Å². The van der Waals surface area contributed by atoms with Gasteiger partial charge in [-0.1, -0.05) is 29.7 Å². The fraction of sp³-hybridized carbons (Fsp3) is 0.500. The summed E-state index contributed by atoms with van der Waals surface area (Å²) in [5.74, 6) is 0. The second kappa shape index (κ2) is 719. The first-order valence-electron chi connectivity index (χ1n) is 1.82. The first-order chi connectivity index (χ1) is 5.66. The van der Waals surface area contributed by atoms with Crippen molar-refractivity contribution in [3.8, 4) is 0 Å². The quantitative estimate of drug-likeness (QED) is 0.374. The Labute approximate surface area is 95.7 Å². The van der Waals surface area contributed by atoms with Gasteiger partial charge in [-0.25, -0.2) is 40.8 Å². The molecule has 0 unspecified atom stereocenters. The molecule has 0 aromatic heterocycles. The first kappa shape index (κ1) is 69.6. The van der Waals surface area contributed by atoms with Gasteiger partial charge in [0.05, 0.1) is 0 Å². The Bertz CT molecular complexity index is 156. The van der Waals surface area contributed by atoms with Gasteiger partial charge in [-0.05, 0) is 0 Å². The molecule has 0 aromatic rings. The van der Waals surface area contributed by atoms with Crippen molar-refractivity contribution in [2.24, 2.45) is 0 Å². The highest BCUT2D eigenvalue weighted by molar-refractivity contribution is 5.26. The first-order valence-corrected chi connectivity index (χ1v) is 1.82. The summed E-state index contributed by atoms with van der Waals surface area (Å²) in [6, 6.07) is 0. The number of hydrogen-bond donors (Lipinski definition) is 4. The number of carbonyl (C=O) groups excluding carboxylic acids is 4. The van der Waals surface area contributed by atoms with Crippen LogP contribution < -0.4 is 0 Å². The van der Waals surface area contributed by atoms with Crippen LogP contribution in [0.5, 0.6) is 0 Å². The lowest BCUT2D eigenvalue weighted by Crippen LogP contribution is -1.16. The average Bonchev–Trinajstić information content (AvgIpc) is 1.92. The third-order valence-electron chi connectivity index (χ3n) is 0. The van der Waals surface area contributed by atoms with Crippen LogP contribution >= 0.6 is 0 Å². The maximum absolute atomic E-state index is 8.35. The minimum Gasteiger partial charge on any atom is -0.222 e. The summed E-state index contributed by atoms with van der Waals surface area (Å²) in [6.45, 7) is 0. The van der Waals surface area contributed by atoms with Crippen molar-refractivity contribution >= 4 is 24.3 Å². The van der Waals surface area contributed by atoms with Crippen LogP contribution in [0, 0.1) is 21.6 Å². The van der Waals surface area contributed by atoms with Crippen LogP contribution in [0.2, 0.25) is 0 Å². The predicted octanol–water partition coefficient (Wildman–Crippen LogP) is 2.15. The molecular weight excluding hydrogens is 216 g/mol. The van der Waals surface area contributed by atoms with Crippen LogP contribution in [0.15, 0.2) is 0 Å². The molecule has 0 saturated carbocycles. The molecule has 0 bridgehead atoms. The van der Waals surface area contributed by atoms with Crippen molar-refractivity contribution in [2.45, 2.75) is 29.7 Å². The smallest absolute Gasteiger partial charge is 0.222 e. The van der Waals surface area contributed by atoms with Gasteiger partial charge in [-0.15, -0.1) is 0 Å². The van der Waals surface area contributed by atoms with E-state index in [2.05, 4.69) is 0 Å².